The molecule has 3 rings (SSSR count). The lowest BCUT2D eigenvalue weighted by atomic mass is 10.2. The second-order valence-corrected chi connectivity index (χ2v) is 5.64. The van der Waals surface area contributed by atoms with Crippen LogP contribution in [0.3, 0.4) is 0 Å². The van der Waals surface area contributed by atoms with E-state index < -0.39 is 24.1 Å². The third kappa shape index (κ3) is 2.90. The normalized spacial score (nSPS) is 30.4. The van der Waals surface area contributed by atoms with Crippen molar-refractivity contribution in [1.29, 1.82) is 0 Å². The maximum absolute atomic E-state index is 12.1. The summed E-state index contributed by atoms with van der Waals surface area (Å²) in [7, 11) is 1.97. The third-order valence-electron chi connectivity index (χ3n) is 4.09. The molecule has 2 aliphatic rings. The fourth-order valence-corrected chi connectivity index (χ4v) is 2.80. The summed E-state index contributed by atoms with van der Waals surface area (Å²) >= 11 is 0. The largest absolute Gasteiger partial charge is 0.394 e. The van der Waals surface area contributed by atoms with Crippen LogP contribution in [0, 0.1) is 0 Å². The van der Waals surface area contributed by atoms with Crippen molar-refractivity contribution in [2.75, 3.05) is 20.2 Å². The molecule has 1 aromatic rings. The van der Waals surface area contributed by atoms with Crippen LogP contribution in [0.1, 0.15) is 25.5 Å². The number of aliphatic hydroxyl groups is 2. The number of aromatic nitrogens is 2. The lowest BCUT2D eigenvalue weighted by Gasteiger charge is -2.14. The molecule has 2 saturated heterocycles. The molecule has 2 N–H and O–H groups in total. The highest BCUT2D eigenvalue weighted by molar-refractivity contribution is 5.85. The zero-order valence-electron chi connectivity index (χ0n) is 12.4. The first-order valence-electron chi connectivity index (χ1n) is 7.41. The number of nitrogens with zero attached hydrogens (tertiary/aromatic N) is 4. The Morgan fingerprint density at radius 1 is 1.55 bits per heavy atom. The van der Waals surface area contributed by atoms with Gasteiger partial charge in [0.05, 0.1) is 12.7 Å². The molecule has 0 aliphatic carbocycles. The molecule has 3 heterocycles. The number of aliphatic imine (C=N–C) groups is 1. The molecule has 8 nitrogen and oxygen atoms in total. The van der Waals surface area contributed by atoms with Crippen LogP contribution in [0.2, 0.25) is 0 Å². The number of aliphatic hydroxyl groups excluding tert-OH is 2. The standard InChI is InChI=1S/C14H20N4O4/c1-17-5-2-3-12(17)15-11-4-6-18(14(21)16-11)13-7-9(20)10(8-19)22-13/h4,6,9-10,13,19-20H,2-3,5,7-8H2,1H3/b15-12-/t9-,10-,13-/m1/s1. The minimum Gasteiger partial charge on any atom is -0.394 e. The van der Waals surface area contributed by atoms with Crippen LogP contribution in [0.4, 0.5) is 5.82 Å². The van der Waals surface area contributed by atoms with Crippen LogP contribution < -0.4 is 5.69 Å². The Bertz CT molecular complexity index is 630. The Kier molecular flexibility index (Phi) is 4.23. The van der Waals surface area contributed by atoms with E-state index in [2.05, 4.69) is 14.9 Å². The Labute approximate surface area is 127 Å². The molecule has 0 amide bonds. The van der Waals surface area contributed by atoms with Crippen molar-refractivity contribution in [3.05, 3.63) is 22.7 Å². The minimum atomic E-state index is -0.783. The van der Waals surface area contributed by atoms with Crippen molar-refractivity contribution >= 4 is 11.7 Å². The van der Waals surface area contributed by atoms with Gasteiger partial charge in [0.1, 0.15) is 18.2 Å². The lowest BCUT2D eigenvalue weighted by molar-refractivity contribution is -0.0458. The summed E-state index contributed by atoms with van der Waals surface area (Å²) < 4.78 is 6.78. The second kappa shape index (κ2) is 6.15. The van der Waals surface area contributed by atoms with Gasteiger partial charge in [-0.05, 0) is 12.5 Å². The van der Waals surface area contributed by atoms with E-state index in [9.17, 15) is 9.90 Å². The van der Waals surface area contributed by atoms with E-state index in [-0.39, 0.29) is 13.0 Å². The highest BCUT2D eigenvalue weighted by atomic mass is 16.5. The van der Waals surface area contributed by atoms with Gasteiger partial charge in [-0.1, -0.05) is 0 Å². The van der Waals surface area contributed by atoms with E-state index in [1.807, 2.05) is 7.05 Å². The predicted octanol–water partition coefficient (Wildman–Crippen LogP) is -0.360. The lowest BCUT2D eigenvalue weighted by Crippen LogP contribution is -2.27. The maximum Gasteiger partial charge on any atom is 0.351 e. The van der Waals surface area contributed by atoms with Crippen LogP contribution >= 0.6 is 0 Å². The molecule has 0 saturated carbocycles. The van der Waals surface area contributed by atoms with Gasteiger partial charge in [0.15, 0.2) is 5.82 Å². The molecule has 0 radical (unpaired) electrons. The maximum atomic E-state index is 12.1. The molecule has 0 spiro atoms. The average molecular weight is 308 g/mol. The van der Waals surface area contributed by atoms with E-state index in [0.717, 1.165) is 25.2 Å². The van der Waals surface area contributed by atoms with E-state index in [4.69, 9.17) is 9.84 Å². The predicted molar refractivity (Wildman–Crippen MR) is 79.1 cm³/mol. The van der Waals surface area contributed by atoms with Crippen molar-refractivity contribution < 1.29 is 14.9 Å². The smallest absolute Gasteiger partial charge is 0.351 e. The number of hydrogen-bond acceptors (Lipinski definition) is 6. The van der Waals surface area contributed by atoms with Gasteiger partial charge >= 0.3 is 5.69 Å². The van der Waals surface area contributed by atoms with E-state index in [0.29, 0.717) is 5.82 Å². The highest BCUT2D eigenvalue weighted by Gasteiger charge is 2.34. The molecule has 1 aromatic heterocycles. The fraction of sp³-hybridized carbons (Fsp3) is 0.643. The van der Waals surface area contributed by atoms with Gasteiger partial charge in [0.25, 0.3) is 0 Å². The topological polar surface area (TPSA) is 100 Å². The number of likely N-dealkylation sites (tertiary alicyclic amines) is 1. The van der Waals surface area contributed by atoms with Crippen molar-refractivity contribution in [2.24, 2.45) is 4.99 Å². The molecular weight excluding hydrogens is 288 g/mol. The summed E-state index contributed by atoms with van der Waals surface area (Å²) in [5.74, 6) is 1.31. The molecule has 0 aromatic carbocycles. The molecule has 8 heteroatoms. The van der Waals surface area contributed by atoms with Crippen LogP contribution in [0.5, 0.6) is 0 Å². The van der Waals surface area contributed by atoms with Gasteiger partial charge in [-0.25, -0.2) is 9.79 Å². The Morgan fingerprint density at radius 2 is 2.36 bits per heavy atom. The Balaban J connectivity index is 1.80. The van der Waals surface area contributed by atoms with E-state index >= 15 is 0 Å². The summed E-state index contributed by atoms with van der Waals surface area (Å²) in [5.41, 5.74) is -0.474. The quantitative estimate of drug-likeness (QED) is 0.791. The van der Waals surface area contributed by atoms with Crippen LogP contribution in [-0.2, 0) is 4.74 Å². The zero-order chi connectivity index (χ0) is 15.7. The van der Waals surface area contributed by atoms with Crippen molar-refractivity contribution in [3.8, 4) is 0 Å². The zero-order valence-corrected chi connectivity index (χ0v) is 12.4. The number of rotatable bonds is 3. The van der Waals surface area contributed by atoms with Crippen LogP contribution in [-0.4, -0.2) is 62.9 Å². The fourth-order valence-electron chi connectivity index (χ4n) is 2.80. The summed E-state index contributed by atoms with van der Waals surface area (Å²) in [5, 5.41) is 18.8. The molecule has 0 bridgehead atoms. The van der Waals surface area contributed by atoms with Crippen LogP contribution in [0.25, 0.3) is 0 Å². The number of ether oxygens (including phenoxy) is 1. The Morgan fingerprint density at radius 3 is 2.95 bits per heavy atom. The molecule has 0 unspecified atom stereocenters. The highest BCUT2D eigenvalue weighted by Crippen LogP contribution is 2.27. The molecule has 120 valence electrons. The minimum absolute atomic E-state index is 0.253. The molecule has 22 heavy (non-hydrogen) atoms. The average Bonchev–Trinajstić information content (AvgIpc) is 3.05. The van der Waals surface area contributed by atoms with E-state index in [1.165, 1.54) is 4.57 Å². The van der Waals surface area contributed by atoms with Crippen molar-refractivity contribution in [3.63, 3.8) is 0 Å². The second-order valence-electron chi connectivity index (χ2n) is 5.64. The first-order chi connectivity index (χ1) is 10.6. The van der Waals surface area contributed by atoms with Crippen LogP contribution in [0.15, 0.2) is 22.1 Å². The summed E-state index contributed by atoms with van der Waals surface area (Å²) in [4.78, 5) is 22.5. The molecule has 2 aliphatic heterocycles. The van der Waals surface area contributed by atoms with Gasteiger partial charge < -0.3 is 19.8 Å². The van der Waals surface area contributed by atoms with Gasteiger partial charge in [-0.15, -0.1) is 0 Å². The van der Waals surface area contributed by atoms with Gasteiger partial charge in [0, 0.05) is 32.6 Å². The summed E-state index contributed by atoms with van der Waals surface area (Å²) in [6, 6.07) is 1.66. The van der Waals surface area contributed by atoms with E-state index in [1.54, 1.807) is 12.3 Å². The third-order valence-corrected chi connectivity index (χ3v) is 4.09. The van der Waals surface area contributed by atoms with Crippen molar-refractivity contribution in [1.82, 2.24) is 14.5 Å². The summed E-state index contributed by atoms with van der Waals surface area (Å²) in [6.45, 7) is 0.685. The monoisotopic (exact) mass is 308 g/mol. The Hall–Kier alpha value is -1.77. The van der Waals surface area contributed by atoms with Gasteiger partial charge in [-0.2, -0.15) is 4.98 Å². The number of hydrogen-bond donors (Lipinski definition) is 2. The molecule has 3 atom stereocenters. The van der Waals surface area contributed by atoms with Gasteiger partial charge in [-0.3, -0.25) is 4.57 Å². The first-order valence-corrected chi connectivity index (χ1v) is 7.41. The number of amidine groups is 1. The molecular formula is C14H20N4O4. The van der Waals surface area contributed by atoms with Gasteiger partial charge in [0.2, 0.25) is 0 Å². The molecule has 2 fully saturated rings. The SMILES string of the molecule is CN1CCC/C1=N/c1ccn([C@H]2C[C@@H](O)[C@@H](CO)O2)c(=O)n1. The van der Waals surface area contributed by atoms with Crippen molar-refractivity contribution in [2.45, 2.75) is 37.7 Å². The summed E-state index contributed by atoms with van der Waals surface area (Å²) in [6.07, 6.45) is 1.71. The first kappa shape index (κ1) is 15.1.